The summed E-state index contributed by atoms with van der Waals surface area (Å²) in [6.07, 6.45) is 2.12. The van der Waals surface area contributed by atoms with Gasteiger partial charge in [0, 0.05) is 12.5 Å². The van der Waals surface area contributed by atoms with E-state index in [-0.39, 0.29) is 0 Å². The summed E-state index contributed by atoms with van der Waals surface area (Å²) in [6.45, 7) is 7.20. The van der Waals surface area contributed by atoms with Crippen molar-refractivity contribution in [2.45, 2.75) is 20.8 Å². The fraction of sp³-hybridized carbons (Fsp3) is 0.889. The Kier molecular flexibility index (Phi) is 6.25. The first kappa shape index (κ1) is 11.8. The van der Waals surface area contributed by atoms with Gasteiger partial charge in [-0.1, -0.05) is 20.8 Å². The Morgan fingerprint density at radius 3 is 2.42 bits per heavy atom. The molecular weight excluding hydrogens is 168 g/mol. The third-order valence-electron chi connectivity index (χ3n) is 1.63. The number of thioether (sulfide) groups is 1. The van der Waals surface area contributed by atoms with Crippen molar-refractivity contribution in [2.24, 2.45) is 22.6 Å². The van der Waals surface area contributed by atoms with E-state index in [0.29, 0.717) is 11.8 Å². The zero-order valence-corrected chi connectivity index (χ0v) is 9.32. The molecular formula is C9H20N2S. The number of aliphatic imine (C=N–C) groups is 1. The Balaban J connectivity index is 3.71. The first-order chi connectivity index (χ1) is 5.57. The molecule has 2 nitrogen and oxygen atoms in total. The lowest BCUT2D eigenvalue weighted by molar-refractivity contribution is 0.671. The van der Waals surface area contributed by atoms with Crippen molar-refractivity contribution >= 4 is 17.6 Å². The van der Waals surface area contributed by atoms with Crippen LogP contribution in [0, 0.1) is 11.8 Å². The fourth-order valence-electron chi connectivity index (χ4n) is 0.781. The summed E-state index contributed by atoms with van der Waals surface area (Å²) in [5, 5.41) is 0. The standard InChI is InChI=1S/C9H20N2S/c1-7(2)9(10)11-5-8(3)6-12-4/h7-8H,5-6H2,1-4H3,(H2,10,11). The van der Waals surface area contributed by atoms with Crippen molar-refractivity contribution in [3.05, 3.63) is 0 Å². The van der Waals surface area contributed by atoms with E-state index in [4.69, 9.17) is 5.73 Å². The number of rotatable bonds is 5. The first-order valence-electron chi connectivity index (χ1n) is 4.36. The molecule has 0 aromatic heterocycles. The van der Waals surface area contributed by atoms with Crippen LogP contribution in [0.15, 0.2) is 4.99 Å². The second-order valence-corrected chi connectivity index (χ2v) is 4.39. The maximum absolute atomic E-state index is 5.70. The topological polar surface area (TPSA) is 38.4 Å². The molecule has 2 N–H and O–H groups in total. The molecule has 0 radical (unpaired) electrons. The van der Waals surface area contributed by atoms with Gasteiger partial charge in [0.1, 0.15) is 0 Å². The van der Waals surface area contributed by atoms with Gasteiger partial charge in [-0.05, 0) is 17.9 Å². The van der Waals surface area contributed by atoms with Gasteiger partial charge in [0.2, 0.25) is 0 Å². The van der Waals surface area contributed by atoms with E-state index in [1.165, 1.54) is 0 Å². The predicted octanol–water partition coefficient (Wildman–Crippen LogP) is 2.00. The molecule has 1 unspecified atom stereocenters. The molecule has 0 aromatic carbocycles. The highest BCUT2D eigenvalue weighted by molar-refractivity contribution is 7.98. The maximum atomic E-state index is 5.70. The predicted molar refractivity (Wildman–Crippen MR) is 58.9 cm³/mol. The Labute approximate surface area is 80.0 Å². The van der Waals surface area contributed by atoms with E-state index in [2.05, 4.69) is 32.0 Å². The first-order valence-corrected chi connectivity index (χ1v) is 5.76. The largest absolute Gasteiger partial charge is 0.387 e. The van der Waals surface area contributed by atoms with Crippen LogP contribution in [-0.4, -0.2) is 24.4 Å². The molecule has 0 aliphatic rings. The van der Waals surface area contributed by atoms with Gasteiger partial charge in [0.15, 0.2) is 0 Å². The van der Waals surface area contributed by atoms with Crippen LogP contribution < -0.4 is 5.73 Å². The highest BCUT2D eigenvalue weighted by Crippen LogP contribution is 2.05. The zero-order chi connectivity index (χ0) is 9.56. The van der Waals surface area contributed by atoms with Crippen molar-refractivity contribution in [3.63, 3.8) is 0 Å². The molecule has 0 bridgehead atoms. The molecule has 0 fully saturated rings. The fourth-order valence-corrected chi connectivity index (χ4v) is 1.46. The molecule has 0 amide bonds. The molecule has 0 spiro atoms. The van der Waals surface area contributed by atoms with Crippen molar-refractivity contribution in [1.82, 2.24) is 0 Å². The molecule has 1 atom stereocenters. The monoisotopic (exact) mass is 188 g/mol. The summed E-state index contributed by atoms with van der Waals surface area (Å²) in [5.41, 5.74) is 5.70. The van der Waals surface area contributed by atoms with E-state index in [1.807, 2.05) is 11.8 Å². The summed E-state index contributed by atoms with van der Waals surface area (Å²) in [6, 6.07) is 0. The van der Waals surface area contributed by atoms with E-state index >= 15 is 0 Å². The second-order valence-electron chi connectivity index (χ2n) is 3.48. The van der Waals surface area contributed by atoms with Gasteiger partial charge in [-0.15, -0.1) is 0 Å². The minimum Gasteiger partial charge on any atom is -0.387 e. The van der Waals surface area contributed by atoms with Crippen molar-refractivity contribution < 1.29 is 0 Å². The number of hydrogen-bond acceptors (Lipinski definition) is 2. The van der Waals surface area contributed by atoms with Gasteiger partial charge in [-0.25, -0.2) is 0 Å². The SMILES string of the molecule is CSCC(C)CN=C(N)C(C)C. The Morgan fingerprint density at radius 1 is 1.42 bits per heavy atom. The van der Waals surface area contributed by atoms with Crippen LogP contribution in [0.5, 0.6) is 0 Å². The van der Waals surface area contributed by atoms with Crippen LogP contribution in [0.2, 0.25) is 0 Å². The van der Waals surface area contributed by atoms with Crippen LogP contribution >= 0.6 is 11.8 Å². The summed E-state index contributed by atoms with van der Waals surface area (Å²) in [7, 11) is 0. The number of nitrogens with two attached hydrogens (primary N) is 1. The smallest absolute Gasteiger partial charge is 0.0962 e. The summed E-state index contributed by atoms with van der Waals surface area (Å²) in [5.74, 6) is 2.96. The quantitative estimate of drug-likeness (QED) is 0.529. The number of nitrogens with zero attached hydrogens (tertiary/aromatic N) is 1. The summed E-state index contributed by atoms with van der Waals surface area (Å²) in [4.78, 5) is 4.32. The van der Waals surface area contributed by atoms with Crippen LogP contribution in [0.1, 0.15) is 20.8 Å². The molecule has 3 heteroatoms. The van der Waals surface area contributed by atoms with Gasteiger partial charge >= 0.3 is 0 Å². The average molecular weight is 188 g/mol. The molecule has 0 aliphatic heterocycles. The molecule has 0 aliphatic carbocycles. The van der Waals surface area contributed by atoms with Gasteiger partial charge in [-0.2, -0.15) is 11.8 Å². The summed E-state index contributed by atoms with van der Waals surface area (Å²) < 4.78 is 0. The van der Waals surface area contributed by atoms with Crippen molar-refractivity contribution in [3.8, 4) is 0 Å². The molecule has 0 heterocycles. The summed E-state index contributed by atoms with van der Waals surface area (Å²) >= 11 is 1.86. The normalized spacial score (nSPS) is 15.2. The molecule has 0 saturated heterocycles. The molecule has 0 rings (SSSR count). The highest BCUT2D eigenvalue weighted by atomic mass is 32.2. The third kappa shape index (κ3) is 5.47. The molecule has 0 saturated carbocycles. The molecule has 12 heavy (non-hydrogen) atoms. The maximum Gasteiger partial charge on any atom is 0.0962 e. The lowest BCUT2D eigenvalue weighted by Gasteiger charge is -2.08. The molecule has 72 valence electrons. The second kappa shape index (κ2) is 6.35. The highest BCUT2D eigenvalue weighted by Gasteiger charge is 2.01. The van der Waals surface area contributed by atoms with Crippen LogP contribution in [-0.2, 0) is 0 Å². The van der Waals surface area contributed by atoms with E-state index < -0.39 is 0 Å². The number of hydrogen-bond donors (Lipinski definition) is 1. The Bertz CT molecular complexity index is 143. The van der Waals surface area contributed by atoms with Crippen LogP contribution in [0.25, 0.3) is 0 Å². The molecule has 0 aromatic rings. The van der Waals surface area contributed by atoms with Gasteiger partial charge in [-0.3, -0.25) is 4.99 Å². The average Bonchev–Trinajstić information content (AvgIpc) is 2.00. The minimum atomic E-state index is 0.381. The third-order valence-corrected chi connectivity index (χ3v) is 2.53. The van der Waals surface area contributed by atoms with Crippen LogP contribution in [0.3, 0.4) is 0 Å². The van der Waals surface area contributed by atoms with Crippen LogP contribution in [0.4, 0.5) is 0 Å². The van der Waals surface area contributed by atoms with E-state index in [1.54, 1.807) is 0 Å². The lowest BCUT2D eigenvalue weighted by Crippen LogP contribution is -2.20. The van der Waals surface area contributed by atoms with Gasteiger partial charge < -0.3 is 5.73 Å². The number of amidine groups is 1. The van der Waals surface area contributed by atoms with Gasteiger partial charge in [0.25, 0.3) is 0 Å². The lowest BCUT2D eigenvalue weighted by atomic mass is 10.2. The van der Waals surface area contributed by atoms with Crippen molar-refractivity contribution in [2.75, 3.05) is 18.6 Å². The minimum absolute atomic E-state index is 0.381. The Morgan fingerprint density at radius 2 is 2.00 bits per heavy atom. The van der Waals surface area contributed by atoms with Gasteiger partial charge in [0.05, 0.1) is 5.84 Å². The Hall–Kier alpha value is -0.180. The van der Waals surface area contributed by atoms with Crippen molar-refractivity contribution in [1.29, 1.82) is 0 Å². The zero-order valence-electron chi connectivity index (χ0n) is 8.50. The van der Waals surface area contributed by atoms with E-state index in [0.717, 1.165) is 18.1 Å². The van der Waals surface area contributed by atoms with E-state index in [9.17, 15) is 0 Å².